The van der Waals surface area contributed by atoms with Crippen molar-refractivity contribution >= 4 is 29.1 Å². The van der Waals surface area contributed by atoms with Gasteiger partial charge in [-0.3, -0.25) is 14.5 Å². The average Bonchev–Trinajstić information content (AvgIpc) is 2.60. The molecule has 0 aromatic heterocycles. The van der Waals surface area contributed by atoms with Crippen LogP contribution in [0, 0.1) is 0 Å². The summed E-state index contributed by atoms with van der Waals surface area (Å²) in [5, 5.41) is 3.32. The van der Waals surface area contributed by atoms with E-state index < -0.39 is 0 Å². The number of rotatable bonds is 6. The standard InChI is InChI=1S/C20H30ClN3O3/c1-13-7-6-8-14(2)24(13)20(26)15(3)23(4)12-19(25)22-17-11-16(21)9-10-18(17)27-5/h9-11,13-15H,6-8,12H2,1-5H3,(H,22,25)/t13-,14+,15-/m1/s1. The van der Waals surface area contributed by atoms with Gasteiger partial charge >= 0.3 is 0 Å². The molecule has 1 N–H and O–H groups in total. The van der Waals surface area contributed by atoms with E-state index in [9.17, 15) is 9.59 Å². The lowest BCUT2D eigenvalue weighted by Crippen LogP contribution is -2.54. The van der Waals surface area contributed by atoms with Crippen LogP contribution in [-0.2, 0) is 9.59 Å². The van der Waals surface area contributed by atoms with Crippen LogP contribution >= 0.6 is 11.6 Å². The highest BCUT2D eigenvalue weighted by Crippen LogP contribution is 2.28. The Kier molecular flexibility index (Phi) is 7.50. The number of nitrogens with one attached hydrogen (secondary N) is 1. The average molecular weight is 396 g/mol. The molecule has 0 saturated carbocycles. The van der Waals surface area contributed by atoms with Crippen LogP contribution in [0.4, 0.5) is 5.69 Å². The fraction of sp³-hybridized carbons (Fsp3) is 0.600. The number of methoxy groups -OCH3 is 1. The number of likely N-dealkylation sites (tertiary alicyclic amines) is 1. The number of carbonyl (C=O) groups excluding carboxylic acids is 2. The Balaban J connectivity index is 1.99. The Bertz CT molecular complexity index is 672. The van der Waals surface area contributed by atoms with Gasteiger partial charge in [0.25, 0.3) is 0 Å². The van der Waals surface area contributed by atoms with Crippen LogP contribution in [0.5, 0.6) is 5.75 Å². The highest BCUT2D eigenvalue weighted by atomic mass is 35.5. The van der Waals surface area contributed by atoms with E-state index in [1.54, 1.807) is 30.1 Å². The van der Waals surface area contributed by atoms with Crippen molar-refractivity contribution in [2.75, 3.05) is 26.0 Å². The number of amides is 2. The zero-order valence-electron chi connectivity index (χ0n) is 16.8. The van der Waals surface area contributed by atoms with Gasteiger partial charge in [0, 0.05) is 17.1 Å². The fourth-order valence-electron chi connectivity index (χ4n) is 3.59. The number of benzene rings is 1. The third-order valence-electron chi connectivity index (χ3n) is 5.30. The summed E-state index contributed by atoms with van der Waals surface area (Å²) in [4.78, 5) is 29.2. The van der Waals surface area contributed by atoms with Gasteiger partial charge in [-0.1, -0.05) is 11.6 Å². The first-order valence-corrected chi connectivity index (χ1v) is 9.78. The Morgan fingerprint density at radius 1 is 1.33 bits per heavy atom. The number of piperidine rings is 1. The fourth-order valence-corrected chi connectivity index (χ4v) is 3.76. The van der Waals surface area contributed by atoms with Gasteiger partial charge in [0.2, 0.25) is 11.8 Å². The highest BCUT2D eigenvalue weighted by molar-refractivity contribution is 6.31. The summed E-state index contributed by atoms with van der Waals surface area (Å²) < 4.78 is 5.25. The molecule has 0 spiro atoms. The lowest BCUT2D eigenvalue weighted by atomic mass is 9.96. The third-order valence-corrected chi connectivity index (χ3v) is 5.53. The second-order valence-corrected chi connectivity index (χ2v) is 7.79. The van der Waals surface area contributed by atoms with Gasteiger partial charge in [-0.05, 0) is 65.3 Å². The zero-order valence-corrected chi connectivity index (χ0v) is 17.5. The summed E-state index contributed by atoms with van der Waals surface area (Å²) in [6, 6.07) is 5.14. The second kappa shape index (κ2) is 9.42. The van der Waals surface area contributed by atoms with E-state index in [2.05, 4.69) is 19.2 Å². The van der Waals surface area contributed by atoms with Crippen molar-refractivity contribution in [3.63, 3.8) is 0 Å². The van der Waals surface area contributed by atoms with E-state index in [1.165, 1.54) is 7.11 Å². The molecule has 1 fully saturated rings. The number of nitrogens with zero attached hydrogens (tertiary/aromatic N) is 2. The summed E-state index contributed by atoms with van der Waals surface area (Å²) >= 11 is 6.00. The van der Waals surface area contributed by atoms with Crippen LogP contribution in [0.2, 0.25) is 5.02 Å². The van der Waals surface area contributed by atoms with Crippen LogP contribution in [0.3, 0.4) is 0 Å². The molecule has 3 atom stereocenters. The van der Waals surface area contributed by atoms with Crippen molar-refractivity contribution in [2.24, 2.45) is 0 Å². The van der Waals surface area contributed by atoms with Crippen LogP contribution in [0.25, 0.3) is 0 Å². The molecule has 0 unspecified atom stereocenters. The van der Waals surface area contributed by atoms with Gasteiger partial charge in [-0.2, -0.15) is 0 Å². The molecule has 1 aliphatic rings. The van der Waals surface area contributed by atoms with Crippen molar-refractivity contribution in [3.8, 4) is 5.75 Å². The molecule has 27 heavy (non-hydrogen) atoms. The van der Waals surface area contributed by atoms with Crippen LogP contribution in [-0.4, -0.2) is 60.4 Å². The minimum Gasteiger partial charge on any atom is -0.495 e. The molecule has 7 heteroatoms. The summed E-state index contributed by atoms with van der Waals surface area (Å²) in [5.41, 5.74) is 0.514. The first-order chi connectivity index (χ1) is 12.7. The second-order valence-electron chi connectivity index (χ2n) is 7.36. The molecular formula is C20H30ClN3O3. The molecule has 1 aliphatic heterocycles. The number of hydrogen-bond acceptors (Lipinski definition) is 4. The maximum Gasteiger partial charge on any atom is 0.240 e. The van der Waals surface area contributed by atoms with Gasteiger partial charge in [-0.15, -0.1) is 0 Å². The molecule has 0 bridgehead atoms. The quantitative estimate of drug-likeness (QED) is 0.801. The van der Waals surface area contributed by atoms with Crippen LogP contribution in [0.1, 0.15) is 40.0 Å². The number of ether oxygens (including phenoxy) is 1. The molecule has 1 aromatic rings. The summed E-state index contributed by atoms with van der Waals surface area (Å²) in [5.74, 6) is 0.387. The van der Waals surface area contributed by atoms with E-state index in [-0.39, 0.29) is 36.5 Å². The van der Waals surface area contributed by atoms with Gasteiger partial charge in [0.05, 0.1) is 25.4 Å². The molecule has 1 aromatic carbocycles. The molecule has 1 heterocycles. The molecule has 6 nitrogen and oxygen atoms in total. The van der Waals surface area contributed by atoms with E-state index in [0.717, 1.165) is 19.3 Å². The first kappa shape index (κ1) is 21.5. The Labute approximate surface area is 166 Å². The predicted molar refractivity (Wildman–Crippen MR) is 108 cm³/mol. The normalized spacial score (nSPS) is 21.1. The van der Waals surface area contributed by atoms with Crippen molar-refractivity contribution in [1.82, 2.24) is 9.80 Å². The number of halogens is 1. The number of anilines is 1. The number of likely N-dealkylation sites (N-methyl/N-ethyl adjacent to an activating group) is 1. The lowest BCUT2D eigenvalue weighted by molar-refractivity contribution is -0.142. The molecule has 2 rings (SSSR count). The topological polar surface area (TPSA) is 61.9 Å². The van der Waals surface area contributed by atoms with Crippen molar-refractivity contribution in [3.05, 3.63) is 23.2 Å². The van der Waals surface area contributed by atoms with Gasteiger partial charge < -0.3 is 15.0 Å². The van der Waals surface area contributed by atoms with Crippen molar-refractivity contribution in [2.45, 2.75) is 58.2 Å². The first-order valence-electron chi connectivity index (χ1n) is 9.40. The minimum atomic E-state index is -0.375. The molecule has 2 amide bonds. The minimum absolute atomic E-state index is 0.0744. The van der Waals surface area contributed by atoms with Crippen LogP contribution in [0.15, 0.2) is 18.2 Å². The van der Waals surface area contributed by atoms with E-state index in [4.69, 9.17) is 16.3 Å². The summed E-state index contributed by atoms with van der Waals surface area (Å²) in [6.45, 7) is 6.14. The van der Waals surface area contributed by atoms with E-state index in [1.807, 2.05) is 11.8 Å². The maximum atomic E-state index is 13.0. The predicted octanol–water partition coefficient (Wildman–Crippen LogP) is 3.40. The van der Waals surface area contributed by atoms with Crippen LogP contribution < -0.4 is 10.1 Å². The van der Waals surface area contributed by atoms with E-state index >= 15 is 0 Å². The SMILES string of the molecule is COc1ccc(Cl)cc1NC(=O)CN(C)[C@H](C)C(=O)N1[C@H](C)CCC[C@@H]1C. The summed E-state index contributed by atoms with van der Waals surface area (Å²) in [6.07, 6.45) is 3.21. The molecular weight excluding hydrogens is 366 g/mol. The Hall–Kier alpha value is -1.79. The molecule has 1 saturated heterocycles. The number of carbonyl (C=O) groups is 2. The highest BCUT2D eigenvalue weighted by Gasteiger charge is 2.33. The molecule has 0 aliphatic carbocycles. The number of hydrogen-bond donors (Lipinski definition) is 1. The smallest absolute Gasteiger partial charge is 0.240 e. The third kappa shape index (κ3) is 5.36. The van der Waals surface area contributed by atoms with Crippen molar-refractivity contribution < 1.29 is 14.3 Å². The summed E-state index contributed by atoms with van der Waals surface area (Å²) in [7, 11) is 3.32. The van der Waals surface area contributed by atoms with Gasteiger partial charge in [0.1, 0.15) is 5.75 Å². The van der Waals surface area contributed by atoms with Gasteiger partial charge in [-0.25, -0.2) is 0 Å². The van der Waals surface area contributed by atoms with E-state index in [0.29, 0.717) is 16.5 Å². The monoisotopic (exact) mass is 395 g/mol. The molecule has 150 valence electrons. The Morgan fingerprint density at radius 3 is 2.56 bits per heavy atom. The largest absolute Gasteiger partial charge is 0.495 e. The zero-order chi connectivity index (χ0) is 20.1. The maximum absolute atomic E-state index is 13.0. The Morgan fingerprint density at radius 2 is 1.96 bits per heavy atom. The molecule has 0 radical (unpaired) electrons. The van der Waals surface area contributed by atoms with Gasteiger partial charge in [0.15, 0.2) is 0 Å². The van der Waals surface area contributed by atoms with Crippen molar-refractivity contribution in [1.29, 1.82) is 0 Å². The lowest BCUT2D eigenvalue weighted by Gasteiger charge is -2.41.